The molecule has 0 heterocycles. The maximum Gasteiger partial charge on any atom is 0.0366 e. The minimum absolute atomic E-state index is 0.476. The fourth-order valence-electron chi connectivity index (χ4n) is 4.02. The molecule has 0 aliphatic rings. The Hall–Kier alpha value is -1.96. The van der Waals surface area contributed by atoms with Crippen LogP contribution in [0.2, 0.25) is 0 Å². The van der Waals surface area contributed by atoms with Crippen LogP contribution in [0.15, 0.2) is 48.5 Å². The van der Waals surface area contributed by atoms with Crippen molar-refractivity contribution in [2.75, 3.05) is 17.3 Å². The molecule has 0 aromatic heterocycles. The van der Waals surface area contributed by atoms with Crippen LogP contribution in [-0.2, 0) is 12.8 Å². The summed E-state index contributed by atoms with van der Waals surface area (Å²) in [6, 6.07) is 19.1. The van der Waals surface area contributed by atoms with E-state index in [1.165, 1.54) is 41.8 Å². The van der Waals surface area contributed by atoms with Crippen LogP contribution < -0.4 is 10.2 Å². The lowest BCUT2D eigenvalue weighted by atomic mass is 9.94. The average molecular weight is 409 g/mol. The zero-order chi connectivity index (χ0) is 22.1. The van der Waals surface area contributed by atoms with Crippen LogP contribution in [0.1, 0.15) is 71.9 Å². The standard InChI is InChI=1S/C28H44N2/c1-21(2)19-26-15-17-28(18-16-26)30(7)24(6)13-11-23(5)12-14-25-9-8-10-27(20-25)29-22(3)4/h8-10,15-18,20-24,29H,11-14,19H2,1-7H3. The van der Waals surface area contributed by atoms with Gasteiger partial charge in [-0.3, -0.25) is 0 Å². The minimum atomic E-state index is 0.476. The fourth-order valence-corrected chi connectivity index (χ4v) is 4.02. The van der Waals surface area contributed by atoms with Gasteiger partial charge in [-0.15, -0.1) is 0 Å². The molecule has 2 aromatic rings. The molecule has 0 aliphatic carbocycles. The van der Waals surface area contributed by atoms with Crippen molar-refractivity contribution in [3.05, 3.63) is 59.7 Å². The largest absolute Gasteiger partial charge is 0.383 e. The first-order chi connectivity index (χ1) is 14.2. The first-order valence-electron chi connectivity index (χ1n) is 11.9. The summed E-state index contributed by atoms with van der Waals surface area (Å²) in [6.45, 7) is 13.7. The molecule has 2 heteroatoms. The van der Waals surface area contributed by atoms with Gasteiger partial charge in [0.2, 0.25) is 0 Å². The Bertz CT molecular complexity index is 733. The summed E-state index contributed by atoms with van der Waals surface area (Å²) in [7, 11) is 2.24. The molecule has 2 atom stereocenters. The van der Waals surface area contributed by atoms with E-state index in [1.807, 2.05) is 0 Å². The Morgan fingerprint density at radius 2 is 1.50 bits per heavy atom. The molecular formula is C28H44N2. The number of nitrogens with zero attached hydrogens (tertiary/aromatic N) is 1. The van der Waals surface area contributed by atoms with Crippen molar-refractivity contribution in [1.29, 1.82) is 0 Å². The highest BCUT2D eigenvalue weighted by atomic mass is 15.1. The molecule has 2 nitrogen and oxygen atoms in total. The van der Waals surface area contributed by atoms with Gasteiger partial charge in [0.05, 0.1) is 0 Å². The maximum absolute atomic E-state index is 3.51. The van der Waals surface area contributed by atoms with Gasteiger partial charge in [0.15, 0.2) is 0 Å². The van der Waals surface area contributed by atoms with Crippen LogP contribution in [0.25, 0.3) is 0 Å². The van der Waals surface area contributed by atoms with Crippen molar-refractivity contribution >= 4 is 11.4 Å². The van der Waals surface area contributed by atoms with Crippen LogP contribution in [-0.4, -0.2) is 19.1 Å². The summed E-state index contributed by atoms with van der Waals surface area (Å²) < 4.78 is 0. The summed E-state index contributed by atoms with van der Waals surface area (Å²) in [5, 5.41) is 3.51. The van der Waals surface area contributed by atoms with Gasteiger partial charge >= 0.3 is 0 Å². The summed E-state index contributed by atoms with van der Waals surface area (Å²) >= 11 is 0. The molecule has 0 spiro atoms. The highest BCUT2D eigenvalue weighted by Gasteiger charge is 2.13. The molecule has 166 valence electrons. The van der Waals surface area contributed by atoms with Gasteiger partial charge in [-0.2, -0.15) is 0 Å². The Kier molecular flexibility index (Phi) is 9.75. The van der Waals surface area contributed by atoms with Gasteiger partial charge in [-0.25, -0.2) is 0 Å². The zero-order valence-corrected chi connectivity index (χ0v) is 20.4. The van der Waals surface area contributed by atoms with Gasteiger partial charge in [-0.05, 0) is 100 Å². The summed E-state index contributed by atoms with van der Waals surface area (Å²) in [5.74, 6) is 1.46. The summed E-state index contributed by atoms with van der Waals surface area (Å²) in [5.41, 5.74) is 5.46. The number of nitrogens with one attached hydrogen (secondary N) is 1. The SMILES string of the molecule is CC(C)Cc1ccc(N(C)C(C)CCC(C)CCc2cccc(NC(C)C)c2)cc1. The third-order valence-electron chi connectivity index (χ3n) is 6.03. The van der Waals surface area contributed by atoms with Crippen LogP contribution in [0.5, 0.6) is 0 Å². The van der Waals surface area contributed by atoms with E-state index < -0.39 is 0 Å². The Morgan fingerprint density at radius 3 is 2.13 bits per heavy atom. The smallest absolute Gasteiger partial charge is 0.0366 e. The van der Waals surface area contributed by atoms with Gasteiger partial charge in [0, 0.05) is 30.5 Å². The lowest BCUT2D eigenvalue weighted by Gasteiger charge is -2.28. The molecule has 0 radical (unpaired) electrons. The zero-order valence-electron chi connectivity index (χ0n) is 20.4. The number of anilines is 2. The number of benzene rings is 2. The topological polar surface area (TPSA) is 15.3 Å². The molecule has 2 unspecified atom stereocenters. The van der Waals surface area contributed by atoms with E-state index in [1.54, 1.807) is 0 Å². The van der Waals surface area contributed by atoms with Crippen LogP contribution >= 0.6 is 0 Å². The van der Waals surface area contributed by atoms with Crippen LogP contribution in [0, 0.1) is 11.8 Å². The van der Waals surface area contributed by atoms with E-state index in [0.29, 0.717) is 18.0 Å². The first-order valence-corrected chi connectivity index (χ1v) is 11.9. The predicted octanol–water partition coefficient (Wildman–Crippen LogP) is 7.58. The molecular weight excluding hydrogens is 364 g/mol. The summed E-state index contributed by atoms with van der Waals surface area (Å²) in [6.07, 6.45) is 6.09. The van der Waals surface area contributed by atoms with Gasteiger partial charge < -0.3 is 10.2 Å². The van der Waals surface area contributed by atoms with Crippen molar-refractivity contribution in [3.63, 3.8) is 0 Å². The Labute approximate surface area is 186 Å². The van der Waals surface area contributed by atoms with E-state index in [2.05, 4.69) is 107 Å². The van der Waals surface area contributed by atoms with Crippen molar-refractivity contribution in [2.24, 2.45) is 11.8 Å². The van der Waals surface area contributed by atoms with E-state index >= 15 is 0 Å². The molecule has 2 rings (SSSR count). The van der Waals surface area contributed by atoms with Crippen molar-refractivity contribution in [2.45, 2.75) is 85.7 Å². The van der Waals surface area contributed by atoms with E-state index in [0.717, 1.165) is 18.8 Å². The number of aryl methyl sites for hydroxylation is 1. The van der Waals surface area contributed by atoms with Crippen LogP contribution in [0.4, 0.5) is 11.4 Å². The molecule has 0 aliphatic heterocycles. The van der Waals surface area contributed by atoms with Crippen molar-refractivity contribution in [1.82, 2.24) is 0 Å². The molecule has 1 N–H and O–H groups in total. The van der Waals surface area contributed by atoms with E-state index in [9.17, 15) is 0 Å². The fraction of sp³-hybridized carbons (Fsp3) is 0.571. The number of rotatable bonds is 12. The number of hydrogen-bond donors (Lipinski definition) is 1. The Morgan fingerprint density at radius 1 is 0.800 bits per heavy atom. The van der Waals surface area contributed by atoms with Crippen molar-refractivity contribution in [3.8, 4) is 0 Å². The van der Waals surface area contributed by atoms with Gasteiger partial charge in [0.1, 0.15) is 0 Å². The Balaban J connectivity index is 1.77. The maximum atomic E-state index is 3.51. The number of hydrogen-bond acceptors (Lipinski definition) is 2. The van der Waals surface area contributed by atoms with Gasteiger partial charge in [-0.1, -0.05) is 45.0 Å². The molecule has 0 saturated heterocycles. The molecule has 2 aromatic carbocycles. The van der Waals surface area contributed by atoms with Crippen LogP contribution in [0.3, 0.4) is 0 Å². The third kappa shape index (κ3) is 8.42. The lowest BCUT2D eigenvalue weighted by Crippen LogP contribution is -2.29. The predicted molar refractivity (Wildman–Crippen MR) is 135 cm³/mol. The normalized spacial score (nSPS) is 13.5. The second kappa shape index (κ2) is 12.0. The molecule has 0 bridgehead atoms. The van der Waals surface area contributed by atoms with Crippen molar-refractivity contribution < 1.29 is 0 Å². The molecule has 0 amide bonds. The van der Waals surface area contributed by atoms with E-state index in [4.69, 9.17) is 0 Å². The monoisotopic (exact) mass is 408 g/mol. The van der Waals surface area contributed by atoms with E-state index in [-0.39, 0.29) is 0 Å². The molecule has 0 fully saturated rings. The lowest BCUT2D eigenvalue weighted by molar-refractivity contribution is 0.447. The average Bonchev–Trinajstić information content (AvgIpc) is 2.70. The minimum Gasteiger partial charge on any atom is -0.383 e. The molecule has 30 heavy (non-hydrogen) atoms. The first kappa shape index (κ1) is 24.3. The second-order valence-electron chi connectivity index (χ2n) is 9.94. The molecule has 0 saturated carbocycles. The summed E-state index contributed by atoms with van der Waals surface area (Å²) in [4.78, 5) is 2.44. The highest BCUT2D eigenvalue weighted by Crippen LogP contribution is 2.23. The highest BCUT2D eigenvalue weighted by molar-refractivity contribution is 5.48. The van der Waals surface area contributed by atoms with Gasteiger partial charge in [0.25, 0.3) is 0 Å². The quantitative estimate of drug-likeness (QED) is 0.389. The third-order valence-corrected chi connectivity index (χ3v) is 6.03. The second-order valence-corrected chi connectivity index (χ2v) is 9.94.